The highest BCUT2D eigenvalue weighted by Crippen LogP contribution is 2.48. The van der Waals surface area contributed by atoms with Gasteiger partial charge in [0.15, 0.2) is 5.96 Å². The van der Waals surface area contributed by atoms with E-state index in [1.54, 1.807) is 12.4 Å². The van der Waals surface area contributed by atoms with Crippen LogP contribution >= 0.6 is 0 Å². The van der Waals surface area contributed by atoms with Crippen LogP contribution in [-0.4, -0.2) is 53.6 Å². The van der Waals surface area contributed by atoms with Gasteiger partial charge in [0, 0.05) is 45.1 Å². The molecule has 0 radical (unpaired) electrons. The molecule has 24 heavy (non-hydrogen) atoms. The third-order valence-electron chi connectivity index (χ3n) is 5.87. The minimum absolute atomic E-state index is 0.727. The molecule has 0 amide bonds. The molecule has 3 aliphatic rings. The number of nitrogens with zero attached hydrogens (tertiary/aromatic N) is 5. The zero-order valence-corrected chi connectivity index (χ0v) is 14.3. The number of guanidine groups is 1. The summed E-state index contributed by atoms with van der Waals surface area (Å²) in [7, 11) is 0. The van der Waals surface area contributed by atoms with Gasteiger partial charge in [-0.05, 0) is 49.5 Å². The van der Waals surface area contributed by atoms with Crippen molar-refractivity contribution < 1.29 is 0 Å². The zero-order chi connectivity index (χ0) is 16.4. The molecule has 2 atom stereocenters. The van der Waals surface area contributed by atoms with Gasteiger partial charge < -0.3 is 15.5 Å². The van der Waals surface area contributed by atoms with Crippen molar-refractivity contribution in [2.24, 2.45) is 28.5 Å². The van der Waals surface area contributed by atoms with Crippen molar-refractivity contribution in [1.29, 1.82) is 0 Å². The second-order valence-corrected chi connectivity index (χ2v) is 7.41. The van der Waals surface area contributed by atoms with Gasteiger partial charge in [0.1, 0.15) is 0 Å². The molecule has 1 aliphatic heterocycles. The van der Waals surface area contributed by atoms with E-state index in [1.165, 1.54) is 32.1 Å². The Morgan fingerprint density at radius 1 is 1.08 bits per heavy atom. The minimum atomic E-state index is 0.727. The van der Waals surface area contributed by atoms with Crippen molar-refractivity contribution >= 4 is 11.9 Å². The number of piperazine rings is 1. The predicted octanol–water partition coefficient (Wildman–Crippen LogP) is 1.74. The number of hydrogen-bond donors (Lipinski definition) is 1. The van der Waals surface area contributed by atoms with Gasteiger partial charge >= 0.3 is 0 Å². The molecule has 6 heteroatoms. The van der Waals surface area contributed by atoms with Crippen LogP contribution in [0.15, 0.2) is 23.5 Å². The summed E-state index contributed by atoms with van der Waals surface area (Å²) in [5, 5.41) is 0. The smallest absolute Gasteiger partial charge is 0.225 e. The Labute approximate surface area is 144 Å². The first-order valence-electron chi connectivity index (χ1n) is 9.38. The molecule has 0 spiro atoms. The molecule has 1 aromatic rings. The summed E-state index contributed by atoms with van der Waals surface area (Å²) in [4.78, 5) is 17.8. The quantitative estimate of drug-likeness (QED) is 0.673. The van der Waals surface area contributed by atoms with Gasteiger partial charge in [-0.3, -0.25) is 4.99 Å². The molecule has 1 aromatic heterocycles. The van der Waals surface area contributed by atoms with E-state index in [1.807, 2.05) is 6.07 Å². The van der Waals surface area contributed by atoms with Crippen molar-refractivity contribution in [3.8, 4) is 0 Å². The maximum absolute atomic E-state index is 6.27. The Hall–Kier alpha value is -1.85. The molecular formula is C18H28N6. The summed E-state index contributed by atoms with van der Waals surface area (Å²) < 4.78 is 0. The molecule has 130 valence electrons. The highest BCUT2D eigenvalue weighted by molar-refractivity contribution is 5.78. The summed E-state index contributed by atoms with van der Waals surface area (Å²) in [6, 6.07) is 1.85. The van der Waals surface area contributed by atoms with Gasteiger partial charge in [-0.15, -0.1) is 0 Å². The monoisotopic (exact) mass is 328 g/mol. The lowest BCUT2D eigenvalue weighted by Gasteiger charge is -2.35. The molecule has 0 aromatic carbocycles. The summed E-state index contributed by atoms with van der Waals surface area (Å²) in [5.41, 5.74) is 6.27. The number of aliphatic imine (C=N–C) groups is 1. The number of hydrogen-bond acceptors (Lipinski definition) is 4. The molecule has 4 rings (SSSR count). The van der Waals surface area contributed by atoms with Crippen molar-refractivity contribution in [3.05, 3.63) is 18.5 Å². The molecule has 3 fully saturated rings. The fourth-order valence-electron chi connectivity index (χ4n) is 4.34. The molecule has 2 unspecified atom stereocenters. The number of aromatic nitrogens is 2. The number of anilines is 1. The van der Waals surface area contributed by atoms with E-state index in [9.17, 15) is 0 Å². The Balaban J connectivity index is 1.28. The first-order chi connectivity index (χ1) is 11.8. The van der Waals surface area contributed by atoms with Gasteiger partial charge in [-0.2, -0.15) is 0 Å². The van der Waals surface area contributed by atoms with Crippen molar-refractivity contribution in [2.45, 2.75) is 32.1 Å². The lowest BCUT2D eigenvalue weighted by molar-refractivity contribution is 0.347. The van der Waals surface area contributed by atoms with Gasteiger partial charge in [-0.1, -0.05) is 6.42 Å². The summed E-state index contributed by atoms with van der Waals surface area (Å²) >= 11 is 0. The normalized spacial score (nSPS) is 28.4. The third kappa shape index (κ3) is 3.47. The van der Waals surface area contributed by atoms with Crippen LogP contribution in [0.2, 0.25) is 0 Å². The van der Waals surface area contributed by atoms with Crippen LogP contribution in [0, 0.1) is 17.8 Å². The predicted molar refractivity (Wildman–Crippen MR) is 95.9 cm³/mol. The Bertz CT molecular complexity index is 562. The van der Waals surface area contributed by atoms with E-state index < -0.39 is 0 Å². The third-order valence-corrected chi connectivity index (χ3v) is 5.87. The average molecular weight is 328 g/mol. The topological polar surface area (TPSA) is 70.6 Å². The number of nitrogens with two attached hydrogens (primary N) is 1. The van der Waals surface area contributed by atoms with Crippen LogP contribution in [0.4, 0.5) is 5.95 Å². The minimum Gasteiger partial charge on any atom is -0.370 e. The van der Waals surface area contributed by atoms with E-state index in [-0.39, 0.29) is 0 Å². The van der Waals surface area contributed by atoms with Gasteiger partial charge in [0.2, 0.25) is 5.95 Å². The molecular weight excluding hydrogens is 300 g/mol. The van der Waals surface area contributed by atoms with Crippen LogP contribution < -0.4 is 10.6 Å². The molecule has 2 N–H and O–H groups in total. The van der Waals surface area contributed by atoms with Gasteiger partial charge in [0.05, 0.1) is 0 Å². The second-order valence-electron chi connectivity index (χ2n) is 7.41. The lowest BCUT2D eigenvalue weighted by atomic mass is 9.91. The number of rotatable bonds is 4. The maximum atomic E-state index is 6.27. The summed E-state index contributed by atoms with van der Waals surface area (Å²) in [6.45, 7) is 4.51. The molecule has 0 bridgehead atoms. The van der Waals surface area contributed by atoms with E-state index in [0.29, 0.717) is 0 Å². The van der Waals surface area contributed by atoms with Crippen LogP contribution in [0.1, 0.15) is 32.1 Å². The largest absolute Gasteiger partial charge is 0.370 e. The molecule has 2 aliphatic carbocycles. The first-order valence-corrected chi connectivity index (χ1v) is 9.38. The first kappa shape index (κ1) is 15.7. The fourth-order valence-corrected chi connectivity index (χ4v) is 4.34. The van der Waals surface area contributed by atoms with Gasteiger partial charge in [0.25, 0.3) is 0 Å². The lowest BCUT2D eigenvalue weighted by Crippen LogP contribution is -2.51. The van der Waals surface area contributed by atoms with Crippen molar-refractivity contribution in [2.75, 3.05) is 37.6 Å². The van der Waals surface area contributed by atoms with E-state index in [4.69, 9.17) is 10.7 Å². The highest BCUT2D eigenvalue weighted by Gasteiger charge is 2.39. The molecule has 6 nitrogen and oxygen atoms in total. The second kappa shape index (κ2) is 6.95. The SMILES string of the molecule is NC(=NCC1CCCC1C1CC1)N1CCN(c2ncccn2)CC1. The zero-order valence-electron chi connectivity index (χ0n) is 14.3. The standard InChI is InChI=1S/C18H28N6/c19-17(22-13-15-3-1-4-16(15)14-5-6-14)23-9-11-24(12-10-23)18-20-7-2-8-21-18/h2,7-8,14-16H,1,3-6,9-13H2,(H2,19,22). The average Bonchev–Trinajstić information content (AvgIpc) is 3.38. The van der Waals surface area contributed by atoms with E-state index >= 15 is 0 Å². The maximum Gasteiger partial charge on any atom is 0.225 e. The Kier molecular flexibility index (Phi) is 4.54. The molecule has 2 saturated carbocycles. The highest BCUT2D eigenvalue weighted by atomic mass is 15.3. The van der Waals surface area contributed by atoms with E-state index in [0.717, 1.165) is 62.4 Å². The summed E-state index contributed by atoms with van der Waals surface area (Å²) in [6.07, 6.45) is 10.6. The van der Waals surface area contributed by atoms with E-state index in [2.05, 4.69) is 19.8 Å². The Morgan fingerprint density at radius 3 is 2.54 bits per heavy atom. The van der Waals surface area contributed by atoms with Crippen LogP contribution in [0.3, 0.4) is 0 Å². The Morgan fingerprint density at radius 2 is 1.83 bits per heavy atom. The van der Waals surface area contributed by atoms with Crippen LogP contribution in [-0.2, 0) is 0 Å². The summed E-state index contributed by atoms with van der Waals surface area (Å²) in [5.74, 6) is 4.24. The van der Waals surface area contributed by atoms with Crippen LogP contribution in [0.25, 0.3) is 0 Å². The fraction of sp³-hybridized carbons (Fsp3) is 0.722. The van der Waals surface area contributed by atoms with Crippen LogP contribution in [0.5, 0.6) is 0 Å². The molecule has 2 heterocycles. The van der Waals surface area contributed by atoms with Crippen molar-refractivity contribution in [1.82, 2.24) is 14.9 Å². The molecule has 1 saturated heterocycles. The van der Waals surface area contributed by atoms with Gasteiger partial charge in [-0.25, -0.2) is 9.97 Å². The van der Waals surface area contributed by atoms with Crippen molar-refractivity contribution in [3.63, 3.8) is 0 Å².